The van der Waals surface area contributed by atoms with Crippen LogP contribution in [0.15, 0.2) is 72.8 Å². The Balaban J connectivity index is 0.000000205. The van der Waals surface area contributed by atoms with Crippen LogP contribution in [0.5, 0.6) is 0 Å². The molecule has 0 aromatic heterocycles. The van der Waals surface area contributed by atoms with Crippen LogP contribution in [0.3, 0.4) is 0 Å². The largest absolute Gasteiger partial charge is 0.463 e. The van der Waals surface area contributed by atoms with Crippen molar-refractivity contribution in [3.05, 3.63) is 116 Å². The summed E-state index contributed by atoms with van der Waals surface area (Å²) in [5, 5.41) is 5.29. The number of halogens is 8. The van der Waals surface area contributed by atoms with Gasteiger partial charge in [0, 0.05) is 140 Å². The number of likely N-dealkylation sites (tertiary alicyclic amines) is 8. The first-order valence-electron chi connectivity index (χ1n) is 41.0. The van der Waals surface area contributed by atoms with Crippen LogP contribution in [0, 0.1) is 0 Å². The van der Waals surface area contributed by atoms with Gasteiger partial charge in [-0.25, -0.2) is 19.2 Å². The van der Waals surface area contributed by atoms with E-state index in [-0.39, 0.29) is 160 Å². The number of hydrogen-bond donors (Lipinski definition) is 4. The van der Waals surface area contributed by atoms with Gasteiger partial charge in [0.05, 0.1) is 45.6 Å². The van der Waals surface area contributed by atoms with E-state index in [1.807, 2.05) is 48.5 Å². The molecule has 0 saturated carbocycles. The number of esters is 2. The van der Waals surface area contributed by atoms with Gasteiger partial charge in [-0.15, -0.1) is 0 Å². The highest BCUT2D eigenvalue weighted by Gasteiger charge is 2.45. The Bertz CT molecular complexity index is 4080. The first-order chi connectivity index (χ1) is 56.5. The van der Waals surface area contributed by atoms with Crippen LogP contribution in [0.2, 0.25) is 10.0 Å². The lowest BCUT2D eigenvalue weighted by Gasteiger charge is -2.40. The van der Waals surface area contributed by atoms with Gasteiger partial charge >= 0.3 is 48.5 Å². The van der Waals surface area contributed by atoms with E-state index in [4.69, 9.17) is 53.6 Å². The van der Waals surface area contributed by atoms with E-state index in [1.165, 1.54) is 21.9 Å². The quantitative estimate of drug-likeness (QED) is 0.0276. The minimum Gasteiger partial charge on any atom is -0.463 e. The van der Waals surface area contributed by atoms with Crippen LogP contribution < -0.4 is 22.1 Å². The summed E-state index contributed by atoms with van der Waals surface area (Å²) in [4.78, 5) is 150. The monoisotopic (exact) mass is 1690 g/mol. The summed E-state index contributed by atoms with van der Waals surface area (Å²) in [5.41, 5.74) is 11.5. The number of para-hydroxylation sites is 2. The maximum Gasteiger partial charge on any atom is 0.418 e. The second-order valence-electron chi connectivity index (χ2n) is 31.9. The molecule has 10 aliphatic rings. The number of alkyl halides is 6. The molecular formula is C82H102Cl2F6N14O14. The summed E-state index contributed by atoms with van der Waals surface area (Å²) in [6.07, 6.45) is -4.03. The number of urea groups is 2. The van der Waals surface area contributed by atoms with Crippen LogP contribution in [-0.2, 0) is 85.8 Å². The van der Waals surface area contributed by atoms with Crippen LogP contribution in [0.1, 0.15) is 136 Å². The highest BCUT2D eigenvalue weighted by Crippen LogP contribution is 2.41. The van der Waals surface area contributed by atoms with Crippen molar-refractivity contribution >= 4 is 106 Å². The van der Waals surface area contributed by atoms with Gasteiger partial charge in [-0.3, -0.25) is 38.6 Å². The highest BCUT2D eigenvalue weighted by atomic mass is 35.5. The predicted molar refractivity (Wildman–Crippen MR) is 423 cm³/mol. The molecule has 8 fully saturated rings. The number of carbonyl (C=O) groups excluding carboxylic acids is 10. The molecule has 14 rings (SSSR count). The Kier molecular flexibility index (Phi) is 28.0. The average molecular weight is 1690 g/mol. The second-order valence-corrected chi connectivity index (χ2v) is 32.7. The summed E-state index contributed by atoms with van der Waals surface area (Å²) in [5.74, 6) is -1.63. The third-order valence-corrected chi connectivity index (χ3v) is 25.3. The molecule has 640 valence electrons. The minimum absolute atomic E-state index is 0.0211. The van der Waals surface area contributed by atoms with Crippen LogP contribution in [-0.4, -0.2) is 275 Å². The maximum absolute atomic E-state index is 14.2. The number of carbonyl (C=O) groups is 10. The molecule has 8 saturated heterocycles. The van der Waals surface area contributed by atoms with E-state index < -0.39 is 83.1 Å². The van der Waals surface area contributed by atoms with E-state index in [0.29, 0.717) is 142 Å². The Morgan fingerprint density at radius 2 is 0.797 bits per heavy atom. The normalized spacial score (nSPS) is 21.6. The van der Waals surface area contributed by atoms with Crippen molar-refractivity contribution < 1.29 is 93.2 Å². The smallest absolute Gasteiger partial charge is 0.418 e. The molecular weight excluding hydrogens is 1590 g/mol. The Morgan fingerprint density at radius 3 is 1.15 bits per heavy atom. The topological polar surface area (TPSA) is 316 Å². The zero-order valence-electron chi connectivity index (χ0n) is 65.8. The number of amides is 10. The van der Waals surface area contributed by atoms with E-state index in [0.717, 1.165) is 60.3 Å². The van der Waals surface area contributed by atoms with Crippen molar-refractivity contribution in [1.82, 2.24) is 49.0 Å². The second kappa shape index (κ2) is 38.2. The highest BCUT2D eigenvalue weighted by molar-refractivity contribution is 6.33. The fourth-order valence-corrected chi connectivity index (χ4v) is 18.7. The Hall–Kier alpha value is -9.54. The molecule has 0 bridgehead atoms. The summed E-state index contributed by atoms with van der Waals surface area (Å²) in [6.45, 7) is 6.82. The lowest BCUT2D eigenvalue weighted by Crippen LogP contribution is -2.53. The molecule has 118 heavy (non-hydrogen) atoms. The van der Waals surface area contributed by atoms with Crippen molar-refractivity contribution in [2.75, 3.05) is 140 Å². The van der Waals surface area contributed by atoms with Gasteiger partial charge in [-0.2, -0.15) is 26.3 Å². The van der Waals surface area contributed by atoms with E-state index in [9.17, 15) is 74.3 Å². The Labute approximate surface area is 690 Å². The summed E-state index contributed by atoms with van der Waals surface area (Å²) >= 11 is 12.3. The number of nitrogens with one attached hydrogen (secondary N) is 2. The third kappa shape index (κ3) is 20.8. The Morgan fingerprint density at radius 1 is 0.441 bits per heavy atom. The molecule has 4 aromatic carbocycles. The SMILES string of the molecule is Nc1c(Cl)cc(C[C@@H](OC(=O)N2CCC(N3CCc4ccccc4NC3=O)CC2)C(=O)N2CCC(N3CCC[C@H]3C(=O)OCCN3CCCC3=O)CC2)cc1C(F)(F)F.Nc1c(Cl)cc(C[C@@H](OC(=O)N2CCC(N3CCc4ccccc4NC3=O)CC2)C(=O)N2CCC(N3CCC[C@H]3C(=O)OCCN3CCCC3=O)CC2)cc1C(F)(F)F. The fraction of sp³-hybridized carbons (Fsp3) is 0.585. The maximum atomic E-state index is 14.2. The van der Waals surface area contributed by atoms with Gasteiger partial charge in [0.15, 0.2) is 12.2 Å². The van der Waals surface area contributed by atoms with E-state index in [2.05, 4.69) is 20.4 Å². The number of fused-ring (bicyclic) bond motifs is 2. The molecule has 10 heterocycles. The standard InChI is InChI=1S/2C41H51ClF3N7O7/c2*42-31-24-26(23-30(36(31)46)41(43,44)45)25-34(59-40(57)50-18-12-29(13-19-50)52-20-9-27-5-1-2-6-32(27)47-39(52)56)37(54)49-16-10-28(11-17-49)51-15-3-7-33(51)38(55)58-22-21-48-14-4-8-35(48)53/h2*1-2,5-6,23-24,28-29,33-34H,3-4,7-22,25,46H2,(H,47,56)/t2*33-,34+/m00/s1. The van der Waals surface area contributed by atoms with Gasteiger partial charge in [0.25, 0.3) is 11.8 Å². The summed E-state index contributed by atoms with van der Waals surface area (Å²) in [7, 11) is 0. The molecule has 4 atom stereocenters. The lowest BCUT2D eigenvalue weighted by atomic mass is 9.99. The fourth-order valence-electron chi connectivity index (χ4n) is 18.2. The number of benzene rings is 4. The molecule has 4 aromatic rings. The van der Waals surface area contributed by atoms with Crippen molar-refractivity contribution in [1.29, 1.82) is 0 Å². The molecule has 10 amide bonds. The molecule has 0 radical (unpaired) electrons. The van der Waals surface area contributed by atoms with Crippen LogP contribution in [0.4, 0.5) is 68.3 Å². The molecule has 6 N–H and O–H groups in total. The molecule has 10 aliphatic heterocycles. The predicted octanol–water partition coefficient (Wildman–Crippen LogP) is 10.3. The number of hydrogen-bond acceptors (Lipinski definition) is 18. The first kappa shape index (κ1) is 86.3. The number of anilines is 4. The van der Waals surface area contributed by atoms with Crippen LogP contribution >= 0.6 is 23.2 Å². The number of ether oxygens (including phenoxy) is 4. The minimum atomic E-state index is -4.81. The van der Waals surface area contributed by atoms with E-state index in [1.54, 1.807) is 29.4 Å². The number of nitrogens with two attached hydrogens (primary N) is 2. The molecule has 36 heteroatoms. The van der Waals surface area contributed by atoms with Crippen molar-refractivity contribution in [2.24, 2.45) is 0 Å². The first-order valence-corrected chi connectivity index (χ1v) is 41.8. The summed E-state index contributed by atoms with van der Waals surface area (Å²) < 4.78 is 107. The third-order valence-electron chi connectivity index (χ3n) is 24.7. The van der Waals surface area contributed by atoms with Gasteiger partial charge in [0.2, 0.25) is 11.8 Å². The van der Waals surface area contributed by atoms with Crippen molar-refractivity contribution in [2.45, 2.75) is 189 Å². The van der Waals surface area contributed by atoms with Gasteiger partial charge in [-0.05, 0) is 174 Å². The zero-order chi connectivity index (χ0) is 83.7. The van der Waals surface area contributed by atoms with Crippen molar-refractivity contribution in [3.63, 3.8) is 0 Å². The number of nitrogen functional groups attached to an aromatic ring is 2. The molecule has 0 aliphatic carbocycles. The van der Waals surface area contributed by atoms with E-state index >= 15 is 0 Å². The summed E-state index contributed by atoms with van der Waals surface area (Å²) in [6, 6.07) is 17.8. The van der Waals surface area contributed by atoms with Gasteiger partial charge < -0.3 is 80.2 Å². The molecule has 0 spiro atoms. The average Bonchev–Trinajstić information content (AvgIpc) is 0.908. The van der Waals surface area contributed by atoms with Gasteiger partial charge in [-0.1, -0.05) is 59.6 Å². The van der Waals surface area contributed by atoms with Crippen molar-refractivity contribution in [3.8, 4) is 0 Å². The number of piperidine rings is 4. The lowest BCUT2D eigenvalue weighted by molar-refractivity contribution is -0.152. The zero-order valence-corrected chi connectivity index (χ0v) is 67.3. The molecule has 28 nitrogen and oxygen atoms in total. The van der Waals surface area contributed by atoms with Gasteiger partial charge in [0.1, 0.15) is 25.3 Å². The number of nitrogens with zero attached hydrogens (tertiary/aromatic N) is 10. The van der Waals surface area contributed by atoms with Crippen LogP contribution in [0.25, 0.3) is 0 Å². The molecule has 0 unspecified atom stereocenters. The number of rotatable bonds is 20.